The van der Waals surface area contributed by atoms with Gasteiger partial charge in [-0.3, -0.25) is 9.78 Å². The highest BCUT2D eigenvalue weighted by Gasteiger charge is 2.20. The van der Waals surface area contributed by atoms with E-state index >= 15 is 0 Å². The lowest BCUT2D eigenvalue weighted by molar-refractivity contribution is 0.0941. The minimum atomic E-state index is -0.350. The maximum Gasteiger partial charge on any atom is 0.252 e. The van der Waals surface area contributed by atoms with Crippen molar-refractivity contribution in [1.29, 1.82) is 0 Å². The van der Waals surface area contributed by atoms with Crippen LogP contribution in [-0.4, -0.2) is 24.1 Å². The summed E-state index contributed by atoms with van der Waals surface area (Å²) in [6.07, 6.45) is 2.63. The Balaban J connectivity index is 1.87. The Bertz CT molecular complexity index is 874. The molecule has 0 saturated heterocycles. The minimum absolute atomic E-state index is 0.201. The van der Waals surface area contributed by atoms with Gasteiger partial charge in [-0.1, -0.05) is 43.3 Å². The molecule has 0 aliphatic heterocycles. The predicted octanol–water partition coefficient (Wildman–Crippen LogP) is 4.79. The highest BCUT2D eigenvalue weighted by atomic mass is 16.5. The number of nitrogens with one attached hydrogen (secondary N) is 1. The maximum absolute atomic E-state index is 13.0. The number of nitrogens with zero attached hydrogens (tertiary/aromatic N) is 1. The fourth-order valence-corrected chi connectivity index (χ4v) is 2.98. The molecule has 5 heteroatoms. The second-order valence-electron chi connectivity index (χ2n) is 6.51. The average Bonchev–Trinajstić information content (AvgIpc) is 2.78. The topological polar surface area (TPSA) is 60.5 Å². The van der Waals surface area contributed by atoms with Gasteiger partial charge in [-0.25, -0.2) is 0 Å². The number of rotatable bonds is 9. The third-order valence-corrected chi connectivity index (χ3v) is 4.36. The molecular weight excluding hydrogens is 364 g/mol. The van der Waals surface area contributed by atoms with Crippen LogP contribution in [0.15, 0.2) is 72.9 Å². The summed E-state index contributed by atoms with van der Waals surface area (Å²) < 4.78 is 11.4. The summed E-state index contributed by atoms with van der Waals surface area (Å²) in [7, 11) is 0. The van der Waals surface area contributed by atoms with E-state index in [-0.39, 0.29) is 11.9 Å². The fourth-order valence-electron chi connectivity index (χ4n) is 2.98. The Morgan fingerprint density at radius 1 is 0.966 bits per heavy atom. The lowest BCUT2D eigenvalue weighted by Crippen LogP contribution is -2.30. The summed E-state index contributed by atoms with van der Waals surface area (Å²) in [5, 5.41) is 3.10. The van der Waals surface area contributed by atoms with Gasteiger partial charge in [-0.15, -0.1) is 0 Å². The van der Waals surface area contributed by atoms with Gasteiger partial charge >= 0.3 is 0 Å². The summed E-state index contributed by atoms with van der Waals surface area (Å²) in [6, 6.07) is 20.4. The van der Waals surface area contributed by atoms with Crippen LogP contribution >= 0.6 is 0 Å². The molecule has 0 radical (unpaired) electrons. The standard InChI is InChI=1S/C24H26N2O3/c1-3-16-29-21-14-13-19(17-22(21)28-4-2)24(27)26-23(18-10-6-5-7-11-18)20-12-8-9-15-25-20/h5-15,17,23H,3-4,16H2,1-2H3,(H,26,27). The SMILES string of the molecule is CCCOc1ccc(C(=O)NC(c2ccccc2)c2ccccn2)cc1OCC. The molecule has 1 N–H and O–H groups in total. The van der Waals surface area contributed by atoms with Crippen molar-refractivity contribution < 1.29 is 14.3 Å². The van der Waals surface area contributed by atoms with E-state index in [4.69, 9.17) is 9.47 Å². The first kappa shape index (κ1) is 20.4. The maximum atomic E-state index is 13.0. The number of hydrogen-bond donors (Lipinski definition) is 1. The van der Waals surface area contributed by atoms with E-state index in [0.29, 0.717) is 30.3 Å². The summed E-state index contributed by atoms with van der Waals surface area (Å²) in [5.41, 5.74) is 2.25. The smallest absolute Gasteiger partial charge is 0.252 e. The van der Waals surface area contributed by atoms with Gasteiger partial charge in [0.2, 0.25) is 0 Å². The zero-order chi connectivity index (χ0) is 20.5. The molecule has 2 aromatic carbocycles. The number of ether oxygens (including phenoxy) is 2. The van der Waals surface area contributed by atoms with Crippen molar-refractivity contribution >= 4 is 5.91 Å². The fraction of sp³-hybridized carbons (Fsp3) is 0.250. The van der Waals surface area contributed by atoms with Crippen molar-refractivity contribution in [3.63, 3.8) is 0 Å². The van der Waals surface area contributed by atoms with Gasteiger partial charge in [-0.05, 0) is 49.2 Å². The Labute approximate surface area is 171 Å². The molecule has 0 saturated carbocycles. The molecular formula is C24H26N2O3. The third-order valence-electron chi connectivity index (χ3n) is 4.36. The van der Waals surface area contributed by atoms with Crippen LogP contribution < -0.4 is 14.8 Å². The first-order valence-corrected chi connectivity index (χ1v) is 9.89. The van der Waals surface area contributed by atoms with E-state index in [1.54, 1.807) is 24.4 Å². The average molecular weight is 390 g/mol. The van der Waals surface area contributed by atoms with E-state index in [2.05, 4.69) is 10.3 Å². The molecule has 0 aliphatic carbocycles. The second-order valence-corrected chi connectivity index (χ2v) is 6.51. The van der Waals surface area contributed by atoms with Crippen LogP contribution in [0.1, 0.15) is 47.9 Å². The highest BCUT2D eigenvalue weighted by molar-refractivity contribution is 5.95. The molecule has 1 unspecified atom stereocenters. The Hall–Kier alpha value is -3.34. The molecule has 0 spiro atoms. The molecule has 1 aromatic heterocycles. The lowest BCUT2D eigenvalue weighted by Gasteiger charge is -2.19. The zero-order valence-corrected chi connectivity index (χ0v) is 16.8. The summed E-state index contributed by atoms with van der Waals surface area (Å²) >= 11 is 0. The van der Waals surface area contributed by atoms with Crippen molar-refractivity contribution in [2.45, 2.75) is 26.3 Å². The van der Waals surface area contributed by atoms with E-state index in [9.17, 15) is 4.79 Å². The van der Waals surface area contributed by atoms with Gasteiger partial charge in [0.25, 0.3) is 5.91 Å². The summed E-state index contributed by atoms with van der Waals surface area (Å²) in [5.74, 6) is 1.02. The van der Waals surface area contributed by atoms with E-state index in [1.165, 1.54) is 0 Å². The van der Waals surface area contributed by atoms with Gasteiger partial charge in [-0.2, -0.15) is 0 Å². The van der Waals surface area contributed by atoms with Crippen LogP contribution in [0.4, 0.5) is 0 Å². The molecule has 0 bridgehead atoms. The van der Waals surface area contributed by atoms with E-state index in [1.807, 2.05) is 62.4 Å². The predicted molar refractivity (Wildman–Crippen MR) is 113 cm³/mol. The number of carbonyl (C=O) groups excluding carboxylic acids is 1. The number of hydrogen-bond acceptors (Lipinski definition) is 4. The van der Waals surface area contributed by atoms with Gasteiger partial charge in [0.05, 0.1) is 24.9 Å². The number of benzene rings is 2. The molecule has 3 rings (SSSR count). The van der Waals surface area contributed by atoms with Gasteiger partial charge in [0.15, 0.2) is 11.5 Å². The van der Waals surface area contributed by atoms with Crippen LogP contribution in [0.2, 0.25) is 0 Å². The van der Waals surface area contributed by atoms with Crippen molar-refractivity contribution in [2.24, 2.45) is 0 Å². The molecule has 3 aromatic rings. The first-order valence-electron chi connectivity index (χ1n) is 9.89. The molecule has 0 aliphatic rings. The minimum Gasteiger partial charge on any atom is -0.490 e. The monoisotopic (exact) mass is 390 g/mol. The Morgan fingerprint density at radius 3 is 2.45 bits per heavy atom. The van der Waals surface area contributed by atoms with Crippen molar-refractivity contribution in [3.05, 3.63) is 89.7 Å². The molecule has 150 valence electrons. The molecule has 1 heterocycles. The third kappa shape index (κ3) is 5.35. The van der Waals surface area contributed by atoms with Crippen molar-refractivity contribution in [2.75, 3.05) is 13.2 Å². The highest BCUT2D eigenvalue weighted by Crippen LogP contribution is 2.29. The van der Waals surface area contributed by atoms with Crippen molar-refractivity contribution in [3.8, 4) is 11.5 Å². The van der Waals surface area contributed by atoms with Gasteiger partial charge in [0.1, 0.15) is 0 Å². The molecule has 1 atom stereocenters. The zero-order valence-electron chi connectivity index (χ0n) is 16.8. The molecule has 29 heavy (non-hydrogen) atoms. The molecule has 1 amide bonds. The largest absolute Gasteiger partial charge is 0.490 e. The van der Waals surface area contributed by atoms with E-state index in [0.717, 1.165) is 17.7 Å². The molecule has 0 fully saturated rings. The number of carbonyl (C=O) groups is 1. The molecule has 5 nitrogen and oxygen atoms in total. The van der Waals surface area contributed by atoms with Crippen LogP contribution in [0.25, 0.3) is 0 Å². The van der Waals surface area contributed by atoms with Crippen LogP contribution in [0, 0.1) is 0 Å². The Kier molecular flexibility index (Phi) is 7.22. The summed E-state index contributed by atoms with van der Waals surface area (Å²) in [4.78, 5) is 17.5. The normalized spacial score (nSPS) is 11.5. The van der Waals surface area contributed by atoms with Gasteiger partial charge in [0, 0.05) is 11.8 Å². The first-order chi connectivity index (χ1) is 14.2. The number of aromatic nitrogens is 1. The number of amides is 1. The Morgan fingerprint density at radius 2 is 1.76 bits per heavy atom. The van der Waals surface area contributed by atoms with Gasteiger partial charge < -0.3 is 14.8 Å². The van der Waals surface area contributed by atoms with Crippen LogP contribution in [0.3, 0.4) is 0 Å². The quantitative estimate of drug-likeness (QED) is 0.571. The van der Waals surface area contributed by atoms with Crippen LogP contribution in [0.5, 0.6) is 11.5 Å². The summed E-state index contributed by atoms with van der Waals surface area (Å²) in [6.45, 7) is 5.04. The number of pyridine rings is 1. The van der Waals surface area contributed by atoms with Crippen molar-refractivity contribution in [1.82, 2.24) is 10.3 Å². The van der Waals surface area contributed by atoms with Crippen LogP contribution in [-0.2, 0) is 0 Å². The second kappa shape index (κ2) is 10.3. The van der Waals surface area contributed by atoms with E-state index < -0.39 is 0 Å². The lowest BCUT2D eigenvalue weighted by atomic mass is 10.0.